The maximum atomic E-state index is 11.6. The molecule has 2 aromatic heterocycles. The Bertz CT molecular complexity index is 444. The third-order valence-electron chi connectivity index (χ3n) is 2.81. The fourth-order valence-corrected chi connectivity index (χ4v) is 1.73. The standard InChI is InChI=1S/C11H14N2O2/c1-8-9(2)13(14)10(3)12(8)7-11-5-4-6-15-11/h4-6H,7H2,1-3H3. The van der Waals surface area contributed by atoms with Crippen LogP contribution < -0.4 is 4.73 Å². The smallest absolute Gasteiger partial charge is 0.257 e. The van der Waals surface area contributed by atoms with Crippen LogP contribution in [0.2, 0.25) is 0 Å². The third kappa shape index (κ3) is 1.52. The van der Waals surface area contributed by atoms with E-state index in [0.29, 0.717) is 12.4 Å². The zero-order valence-corrected chi connectivity index (χ0v) is 9.15. The van der Waals surface area contributed by atoms with Gasteiger partial charge in [0.15, 0.2) is 0 Å². The molecule has 0 aliphatic carbocycles. The zero-order chi connectivity index (χ0) is 11.0. The van der Waals surface area contributed by atoms with Gasteiger partial charge in [0.1, 0.15) is 23.7 Å². The molecule has 0 atom stereocenters. The van der Waals surface area contributed by atoms with E-state index in [9.17, 15) is 5.21 Å². The summed E-state index contributed by atoms with van der Waals surface area (Å²) in [6, 6.07) is 3.75. The fraction of sp³-hybridized carbons (Fsp3) is 0.364. The van der Waals surface area contributed by atoms with Gasteiger partial charge in [0, 0.05) is 20.8 Å². The molecule has 4 heteroatoms. The van der Waals surface area contributed by atoms with E-state index in [1.165, 1.54) is 0 Å². The molecule has 0 fully saturated rings. The van der Waals surface area contributed by atoms with E-state index in [2.05, 4.69) is 0 Å². The maximum absolute atomic E-state index is 11.6. The van der Waals surface area contributed by atoms with E-state index in [0.717, 1.165) is 21.9 Å². The van der Waals surface area contributed by atoms with Crippen molar-refractivity contribution in [2.24, 2.45) is 0 Å². The van der Waals surface area contributed by atoms with E-state index in [1.807, 2.05) is 37.5 Å². The van der Waals surface area contributed by atoms with E-state index in [-0.39, 0.29) is 0 Å². The molecule has 0 radical (unpaired) electrons. The molecule has 0 spiro atoms. The molecule has 2 rings (SSSR count). The van der Waals surface area contributed by atoms with Gasteiger partial charge in [0.05, 0.1) is 6.26 Å². The molecule has 0 saturated carbocycles. The van der Waals surface area contributed by atoms with Crippen molar-refractivity contribution in [3.05, 3.63) is 46.6 Å². The summed E-state index contributed by atoms with van der Waals surface area (Å²) >= 11 is 0. The summed E-state index contributed by atoms with van der Waals surface area (Å²) in [6.07, 6.45) is 1.64. The molecule has 0 amide bonds. The predicted octanol–water partition coefficient (Wildman–Crippen LogP) is 1.69. The normalized spacial score (nSPS) is 10.9. The zero-order valence-electron chi connectivity index (χ0n) is 9.15. The van der Waals surface area contributed by atoms with Crippen molar-refractivity contribution in [2.75, 3.05) is 0 Å². The van der Waals surface area contributed by atoms with Gasteiger partial charge < -0.3 is 9.62 Å². The number of imidazole rings is 1. The van der Waals surface area contributed by atoms with Crippen LogP contribution in [-0.4, -0.2) is 4.57 Å². The average molecular weight is 206 g/mol. The highest BCUT2D eigenvalue weighted by Crippen LogP contribution is 2.11. The van der Waals surface area contributed by atoms with E-state index in [4.69, 9.17) is 4.42 Å². The van der Waals surface area contributed by atoms with Gasteiger partial charge in [-0.3, -0.25) is 0 Å². The number of furan rings is 1. The SMILES string of the molecule is Cc1c(C)[n+]([O-])c(C)n1Cc1ccco1. The summed E-state index contributed by atoms with van der Waals surface area (Å²) in [6.45, 7) is 6.20. The number of nitrogens with zero attached hydrogens (tertiary/aromatic N) is 2. The van der Waals surface area contributed by atoms with Crippen LogP contribution >= 0.6 is 0 Å². The minimum absolute atomic E-state index is 0.612. The highest BCUT2D eigenvalue weighted by molar-refractivity contribution is 5.10. The fourth-order valence-electron chi connectivity index (χ4n) is 1.73. The van der Waals surface area contributed by atoms with Gasteiger partial charge in [-0.1, -0.05) is 0 Å². The van der Waals surface area contributed by atoms with Crippen molar-refractivity contribution in [1.82, 2.24) is 4.57 Å². The summed E-state index contributed by atoms with van der Waals surface area (Å²) in [5.74, 6) is 1.55. The Morgan fingerprint density at radius 3 is 2.60 bits per heavy atom. The van der Waals surface area contributed by atoms with Gasteiger partial charge in [-0.15, -0.1) is 0 Å². The van der Waals surface area contributed by atoms with E-state index >= 15 is 0 Å². The molecule has 80 valence electrons. The second-order valence-corrected chi connectivity index (χ2v) is 3.68. The highest BCUT2D eigenvalue weighted by Gasteiger charge is 2.18. The van der Waals surface area contributed by atoms with E-state index in [1.54, 1.807) is 6.26 Å². The molecule has 0 aromatic carbocycles. The lowest BCUT2D eigenvalue weighted by molar-refractivity contribution is -0.618. The molecule has 2 heterocycles. The predicted molar refractivity (Wildman–Crippen MR) is 55.4 cm³/mol. The first-order valence-electron chi connectivity index (χ1n) is 4.89. The number of rotatable bonds is 2. The number of aromatic nitrogens is 2. The quantitative estimate of drug-likeness (QED) is 0.554. The Morgan fingerprint density at radius 2 is 2.13 bits per heavy atom. The first kappa shape index (κ1) is 9.83. The lowest BCUT2D eigenvalue weighted by Crippen LogP contribution is -2.31. The topological polar surface area (TPSA) is 45.0 Å². The molecule has 0 bridgehead atoms. The van der Waals surface area contributed by atoms with Crippen LogP contribution in [-0.2, 0) is 6.54 Å². The molecule has 4 nitrogen and oxygen atoms in total. The molecule has 0 unspecified atom stereocenters. The van der Waals surface area contributed by atoms with Gasteiger partial charge >= 0.3 is 0 Å². The largest absolute Gasteiger partial charge is 0.711 e. The van der Waals surface area contributed by atoms with Crippen LogP contribution in [0.15, 0.2) is 22.8 Å². The van der Waals surface area contributed by atoms with Gasteiger partial charge in [0.2, 0.25) is 0 Å². The summed E-state index contributed by atoms with van der Waals surface area (Å²) in [5.41, 5.74) is 1.73. The van der Waals surface area contributed by atoms with Gasteiger partial charge in [-0.05, 0) is 12.1 Å². The Labute approximate surface area is 88.3 Å². The monoisotopic (exact) mass is 206 g/mol. The van der Waals surface area contributed by atoms with Crippen molar-refractivity contribution < 1.29 is 9.15 Å². The second-order valence-electron chi connectivity index (χ2n) is 3.68. The summed E-state index contributed by atoms with van der Waals surface area (Å²) in [4.78, 5) is 0. The lowest BCUT2D eigenvalue weighted by atomic mass is 10.3. The van der Waals surface area contributed by atoms with Crippen molar-refractivity contribution in [1.29, 1.82) is 0 Å². The third-order valence-corrected chi connectivity index (χ3v) is 2.81. The first-order valence-corrected chi connectivity index (χ1v) is 4.89. The van der Waals surface area contributed by atoms with Crippen molar-refractivity contribution in [3.63, 3.8) is 0 Å². The molecule has 0 aliphatic rings. The minimum atomic E-state index is 0.612. The minimum Gasteiger partial charge on any atom is -0.711 e. The second kappa shape index (κ2) is 3.46. The molecule has 0 aliphatic heterocycles. The first-order chi connectivity index (χ1) is 7.11. The van der Waals surface area contributed by atoms with E-state index < -0.39 is 0 Å². The molecule has 15 heavy (non-hydrogen) atoms. The molecule has 0 saturated heterocycles. The molecule has 0 N–H and O–H groups in total. The molecule has 2 aromatic rings. The van der Waals surface area contributed by atoms with Crippen LogP contribution in [0.25, 0.3) is 0 Å². The van der Waals surface area contributed by atoms with Crippen LogP contribution in [0.4, 0.5) is 0 Å². The lowest BCUT2D eigenvalue weighted by Gasteiger charge is -2.01. The van der Waals surface area contributed by atoms with Crippen LogP contribution in [0.1, 0.15) is 23.0 Å². The Balaban J connectivity index is 2.41. The van der Waals surface area contributed by atoms with Crippen LogP contribution in [0, 0.1) is 26.0 Å². The number of hydrogen-bond acceptors (Lipinski definition) is 2. The Hall–Kier alpha value is -1.71. The molecular weight excluding hydrogens is 192 g/mol. The summed E-state index contributed by atoms with van der Waals surface area (Å²) in [5, 5.41) is 11.6. The summed E-state index contributed by atoms with van der Waals surface area (Å²) in [7, 11) is 0. The van der Waals surface area contributed by atoms with Gasteiger partial charge in [-0.2, -0.15) is 0 Å². The highest BCUT2D eigenvalue weighted by atomic mass is 16.5. The Morgan fingerprint density at radius 1 is 1.40 bits per heavy atom. The van der Waals surface area contributed by atoms with Crippen LogP contribution in [0.5, 0.6) is 0 Å². The maximum Gasteiger partial charge on any atom is 0.257 e. The summed E-state index contributed by atoms with van der Waals surface area (Å²) < 4.78 is 8.18. The van der Waals surface area contributed by atoms with Gasteiger partial charge in [0.25, 0.3) is 5.82 Å². The van der Waals surface area contributed by atoms with Crippen molar-refractivity contribution in [2.45, 2.75) is 27.3 Å². The van der Waals surface area contributed by atoms with Crippen molar-refractivity contribution >= 4 is 0 Å². The van der Waals surface area contributed by atoms with Crippen LogP contribution in [0.3, 0.4) is 0 Å². The van der Waals surface area contributed by atoms with Crippen molar-refractivity contribution in [3.8, 4) is 0 Å². The average Bonchev–Trinajstić information content (AvgIpc) is 2.79. The Kier molecular flexibility index (Phi) is 2.26. The van der Waals surface area contributed by atoms with Gasteiger partial charge in [-0.25, -0.2) is 9.30 Å². The molecular formula is C11H14N2O2. The number of hydrogen-bond donors (Lipinski definition) is 0.